The topological polar surface area (TPSA) is 12.9 Å². The fourth-order valence-electron chi connectivity index (χ4n) is 0.760. The first-order chi connectivity index (χ1) is 5.25. The van der Waals surface area contributed by atoms with Gasteiger partial charge in [-0.15, -0.1) is 0 Å². The normalized spacial score (nSPS) is 10.5. The van der Waals surface area contributed by atoms with Crippen LogP contribution >= 0.6 is 0 Å². The van der Waals surface area contributed by atoms with E-state index >= 15 is 0 Å². The van der Waals surface area contributed by atoms with Gasteiger partial charge in [-0.1, -0.05) is 6.07 Å². The van der Waals surface area contributed by atoms with Crippen molar-refractivity contribution in [2.75, 3.05) is 0 Å². The smallest absolute Gasteiger partial charge is 0.255 e. The largest absolute Gasteiger partial charge is 0.280 e. The van der Waals surface area contributed by atoms with Crippen molar-refractivity contribution in [3.05, 3.63) is 29.6 Å². The molecule has 60 valence electrons. The molecular formula is C7H6F3N. The van der Waals surface area contributed by atoms with Gasteiger partial charge >= 0.3 is 0 Å². The van der Waals surface area contributed by atoms with Crippen LogP contribution in [0.25, 0.3) is 0 Å². The molecule has 0 bridgehead atoms. The average Bonchev–Trinajstić information content (AvgIpc) is 2.04. The van der Waals surface area contributed by atoms with E-state index in [1.807, 2.05) is 0 Å². The first-order valence-corrected chi connectivity index (χ1v) is 3.03. The van der Waals surface area contributed by atoms with Gasteiger partial charge in [0.15, 0.2) is 0 Å². The lowest BCUT2D eigenvalue weighted by Gasteiger charge is -2.01. The summed E-state index contributed by atoms with van der Waals surface area (Å²) >= 11 is 0. The number of nitrogens with zero attached hydrogens (tertiary/aromatic N) is 1. The fourth-order valence-corrected chi connectivity index (χ4v) is 0.760. The molecule has 0 saturated heterocycles. The molecule has 4 heteroatoms. The summed E-state index contributed by atoms with van der Waals surface area (Å²) < 4.78 is 35.9. The van der Waals surface area contributed by atoms with Crippen molar-refractivity contribution in [2.24, 2.45) is 0 Å². The van der Waals surface area contributed by atoms with Gasteiger partial charge in [-0.25, -0.2) is 13.2 Å². The van der Waals surface area contributed by atoms with Crippen molar-refractivity contribution >= 4 is 0 Å². The number of hydrogen-bond acceptors (Lipinski definition) is 1. The monoisotopic (exact) mass is 161 g/mol. The summed E-state index contributed by atoms with van der Waals surface area (Å²) in [5, 5.41) is 0. The van der Waals surface area contributed by atoms with Gasteiger partial charge in [-0.3, -0.25) is 4.98 Å². The molecule has 1 rings (SSSR count). The van der Waals surface area contributed by atoms with Crippen LogP contribution in [0.15, 0.2) is 18.3 Å². The number of alkyl halides is 3. The number of rotatable bonds is 2. The zero-order valence-electron chi connectivity index (χ0n) is 5.60. The molecule has 1 aromatic heterocycles. The first kappa shape index (κ1) is 8.04. The Morgan fingerprint density at radius 2 is 2.18 bits per heavy atom. The van der Waals surface area contributed by atoms with Gasteiger partial charge in [0.25, 0.3) is 6.43 Å². The van der Waals surface area contributed by atoms with Crippen LogP contribution in [-0.2, 0) is 6.67 Å². The zero-order chi connectivity index (χ0) is 8.27. The van der Waals surface area contributed by atoms with Gasteiger partial charge in [0, 0.05) is 11.8 Å². The lowest BCUT2D eigenvalue weighted by Crippen LogP contribution is -1.95. The van der Waals surface area contributed by atoms with Crippen molar-refractivity contribution in [3.8, 4) is 0 Å². The Bertz CT molecular complexity index is 237. The highest BCUT2D eigenvalue weighted by atomic mass is 19.3. The van der Waals surface area contributed by atoms with E-state index in [0.29, 0.717) is 0 Å². The molecule has 0 fully saturated rings. The highest BCUT2D eigenvalue weighted by Crippen LogP contribution is 2.20. The van der Waals surface area contributed by atoms with E-state index < -0.39 is 18.8 Å². The van der Waals surface area contributed by atoms with Gasteiger partial charge in [0.05, 0.1) is 0 Å². The first-order valence-electron chi connectivity index (χ1n) is 3.03. The minimum Gasteiger partial charge on any atom is -0.255 e. The predicted octanol–water partition coefficient (Wildman–Crippen LogP) is 2.49. The second kappa shape index (κ2) is 3.37. The van der Waals surface area contributed by atoms with E-state index in [-0.39, 0.29) is 5.56 Å². The summed E-state index contributed by atoms with van der Waals surface area (Å²) in [6, 6.07) is 2.73. The molecule has 0 spiro atoms. The number of hydrogen-bond donors (Lipinski definition) is 0. The number of halogens is 3. The van der Waals surface area contributed by atoms with E-state index in [1.54, 1.807) is 0 Å². The van der Waals surface area contributed by atoms with Crippen LogP contribution in [0.2, 0.25) is 0 Å². The SMILES string of the molecule is FCc1cccnc1C(F)F. The average molecular weight is 161 g/mol. The molecule has 0 amide bonds. The highest BCUT2D eigenvalue weighted by molar-refractivity contribution is 5.19. The summed E-state index contributed by atoms with van der Waals surface area (Å²) in [6.07, 6.45) is -1.47. The second-order valence-electron chi connectivity index (χ2n) is 1.98. The van der Waals surface area contributed by atoms with Crippen LogP contribution in [-0.4, -0.2) is 4.98 Å². The lowest BCUT2D eigenvalue weighted by molar-refractivity contribution is 0.144. The van der Waals surface area contributed by atoms with Gasteiger partial charge in [-0.05, 0) is 6.07 Å². The summed E-state index contributed by atoms with van der Waals surface area (Å²) in [7, 11) is 0. The molecule has 0 aliphatic carbocycles. The Morgan fingerprint density at radius 3 is 2.64 bits per heavy atom. The standard InChI is InChI=1S/C7H6F3N/c8-4-5-2-1-3-11-6(5)7(9)10/h1-3,7H,4H2. The van der Waals surface area contributed by atoms with E-state index in [0.717, 1.165) is 0 Å². The maximum absolute atomic E-state index is 12.0. The van der Waals surface area contributed by atoms with Crippen molar-refractivity contribution in [2.45, 2.75) is 13.1 Å². The molecule has 1 aromatic rings. The molecule has 0 radical (unpaired) electrons. The molecule has 0 aromatic carbocycles. The maximum atomic E-state index is 12.0. The third-order valence-corrected chi connectivity index (χ3v) is 1.28. The Balaban J connectivity index is 3.02. The van der Waals surface area contributed by atoms with Crippen molar-refractivity contribution in [1.82, 2.24) is 4.98 Å². The van der Waals surface area contributed by atoms with E-state index in [1.165, 1.54) is 18.3 Å². The molecule has 1 heterocycles. The summed E-state index contributed by atoms with van der Waals surface area (Å²) in [4.78, 5) is 3.36. The molecular weight excluding hydrogens is 155 g/mol. The summed E-state index contributed by atoms with van der Waals surface area (Å²) in [5.74, 6) is 0. The molecule has 0 atom stereocenters. The molecule has 1 nitrogen and oxygen atoms in total. The zero-order valence-corrected chi connectivity index (χ0v) is 5.60. The third kappa shape index (κ3) is 1.69. The fraction of sp³-hybridized carbons (Fsp3) is 0.286. The van der Waals surface area contributed by atoms with Crippen LogP contribution in [0.1, 0.15) is 17.7 Å². The van der Waals surface area contributed by atoms with Gasteiger partial charge in [-0.2, -0.15) is 0 Å². The van der Waals surface area contributed by atoms with Crippen molar-refractivity contribution < 1.29 is 13.2 Å². The Kier molecular flexibility index (Phi) is 2.46. The molecule has 11 heavy (non-hydrogen) atoms. The van der Waals surface area contributed by atoms with E-state index in [4.69, 9.17) is 0 Å². The van der Waals surface area contributed by atoms with Crippen LogP contribution in [0.4, 0.5) is 13.2 Å². The molecule has 0 unspecified atom stereocenters. The van der Waals surface area contributed by atoms with Crippen LogP contribution < -0.4 is 0 Å². The van der Waals surface area contributed by atoms with E-state index in [2.05, 4.69) is 4.98 Å². The lowest BCUT2D eigenvalue weighted by atomic mass is 10.2. The molecule has 0 aliphatic rings. The maximum Gasteiger partial charge on any atom is 0.280 e. The number of pyridine rings is 1. The predicted molar refractivity (Wildman–Crippen MR) is 34.0 cm³/mol. The van der Waals surface area contributed by atoms with Crippen molar-refractivity contribution in [1.29, 1.82) is 0 Å². The van der Waals surface area contributed by atoms with Crippen LogP contribution in [0, 0.1) is 0 Å². The number of aromatic nitrogens is 1. The minimum atomic E-state index is -2.69. The van der Waals surface area contributed by atoms with Gasteiger partial charge in [0.1, 0.15) is 12.4 Å². The molecule has 0 aliphatic heterocycles. The Morgan fingerprint density at radius 1 is 1.45 bits per heavy atom. The minimum absolute atomic E-state index is 0.0394. The van der Waals surface area contributed by atoms with E-state index in [9.17, 15) is 13.2 Å². The second-order valence-corrected chi connectivity index (χ2v) is 1.98. The van der Waals surface area contributed by atoms with Gasteiger partial charge < -0.3 is 0 Å². The molecule has 0 N–H and O–H groups in total. The van der Waals surface area contributed by atoms with Crippen LogP contribution in [0.3, 0.4) is 0 Å². The van der Waals surface area contributed by atoms with Crippen LogP contribution in [0.5, 0.6) is 0 Å². The Hall–Kier alpha value is -1.06. The highest BCUT2D eigenvalue weighted by Gasteiger charge is 2.12. The molecule has 0 saturated carbocycles. The third-order valence-electron chi connectivity index (χ3n) is 1.28. The van der Waals surface area contributed by atoms with Gasteiger partial charge in [0.2, 0.25) is 0 Å². The summed E-state index contributed by atoms with van der Waals surface area (Å²) in [5.41, 5.74) is -0.502. The Labute approximate surface area is 61.9 Å². The summed E-state index contributed by atoms with van der Waals surface area (Å²) in [6.45, 7) is -0.895. The quantitative estimate of drug-likeness (QED) is 0.649. The van der Waals surface area contributed by atoms with Crippen molar-refractivity contribution in [3.63, 3.8) is 0 Å².